The SMILES string of the molecule is C=CCCC(COCC1=CCC(C)C=C1)OC. The fourth-order valence-electron chi connectivity index (χ4n) is 1.76. The molecule has 0 fully saturated rings. The zero-order valence-electron chi connectivity index (χ0n) is 11.0. The average Bonchev–Trinajstić information content (AvgIpc) is 2.36. The molecule has 0 aliphatic heterocycles. The van der Waals surface area contributed by atoms with Crippen molar-refractivity contribution in [1.82, 2.24) is 0 Å². The molecule has 0 aromatic heterocycles. The van der Waals surface area contributed by atoms with E-state index >= 15 is 0 Å². The van der Waals surface area contributed by atoms with Crippen LogP contribution in [0.25, 0.3) is 0 Å². The van der Waals surface area contributed by atoms with Gasteiger partial charge in [0.25, 0.3) is 0 Å². The Morgan fingerprint density at radius 1 is 1.59 bits per heavy atom. The first-order valence-corrected chi connectivity index (χ1v) is 6.35. The Bertz CT molecular complexity index is 279. The monoisotopic (exact) mass is 236 g/mol. The Hall–Kier alpha value is -0.860. The van der Waals surface area contributed by atoms with Crippen LogP contribution in [0.5, 0.6) is 0 Å². The lowest BCUT2D eigenvalue weighted by Crippen LogP contribution is -2.19. The van der Waals surface area contributed by atoms with Crippen LogP contribution >= 0.6 is 0 Å². The van der Waals surface area contributed by atoms with Gasteiger partial charge in [-0.3, -0.25) is 0 Å². The average molecular weight is 236 g/mol. The van der Waals surface area contributed by atoms with Gasteiger partial charge in [-0.2, -0.15) is 0 Å². The second-order valence-corrected chi connectivity index (χ2v) is 4.59. The smallest absolute Gasteiger partial charge is 0.0807 e. The lowest BCUT2D eigenvalue weighted by molar-refractivity contribution is 0.0122. The van der Waals surface area contributed by atoms with Crippen LogP contribution in [0.1, 0.15) is 26.2 Å². The second-order valence-electron chi connectivity index (χ2n) is 4.59. The van der Waals surface area contributed by atoms with Gasteiger partial charge < -0.3 is 9.47 Å². The zero-order valence-corrected chi connectivity index (χ0v) is 11.0. The molecular weight excluding hydrogens is 212 g/mol. The highest BCUT2D eigenvalue weighted by Crippen LogP contribution is 2.15. The quantitative estimate of drug-likeness (QED) is 0.600. The fraction of sp³-hybridized carbons (Fsp3) is 0.600. The third kappa shape index (κ3) is 5.85. The molecule has 0 radical (unpaired) electrons. The zero-order chi connectivity index (χ0) is 12.5. The number of rotatable bonds is 8. The number of methoxy groups -OCH3 is 1. The standard InChI is InChI=1S/C15H24O2/c1-4-5-6-15(16-3)12-17-11-14-9-7-13(2)8-10-14/h4,7,9-10,13,15H,1,5-6,8,11-12H2,2-3H3. The maximum atomic E-state index is 5.68. The van der Waals surface area contributed by atoms with Gasteiger partial charge in [-0.1, -0.05) is 31.2 Å². The van der Waals surface area contributed by atoms with E-state index in [1.54, 1.807) is 7.11 Å². The van der Waals surface area contributed by atoms with Crippen molar-refractivity contribution in [2.24, 2.45) is 5.92 Å². The summed E-state index contributed by atoms with van der Waals surface area (Å²) in [5.41, 5.74) is 1.28. The molecule has 0 heterocycles. The van der Waals surface area contributed by atoms with Crippen molar-refractivity contribution in [2.75, 3.05) is 20.3 Å². The summed E-state index contributed by atoms with van der Waals surface area (Å²) in [6.45, 7) is 7.29. The summed E-state index contributed by atoms with van der Waals surface area (Å²) < 4.78 is 11.0. The Morgan fingerprint density at radius 3 is 3.00 bits per heavy atom. The molecule has 2 heteroatoms. The van der Waals surface area contributed by atoms with E-state index in [2.05, 4.69) is 31.7 Å². The summed E-state index contributed by atoms with van der Waals surface area (Å²) in [6, 6.07) is 0. The van der Waals surface area contributed by atoms with E-state index in [1.165, 1.54) is 5.57 Å². The lowest BCUT2D eigenvalue weighted by atomic mass is 9.99. The summed E-state index contributed by atoms with van der Waals surface area (Å²) in [5.74, 6) is 0.665. The van der Waals surface area contributed by atoms with Crippen LogP contribution in [0.2, 0.25) is 0 Å². The molecule has 2 atom stereocenters. The summed E-state index contributed by atoms with van der Waals surface area (Å²) in [5, 5.41) is 0. The molecule has 1 aliphatic rings. The Morgan fingerprint density at radius 2 is 2.41 bits per heavy atom. The molecule has 1 aliphatic carbocycles. The Kier molecular flexibility index (Phi) is 6.90. The topological polar surface area (TPSA) is 18.5 Å². The van der Waals surface area contributed by atoms with Crippen LogP contribution in [0.3, 0.4) is 0 Å². The van der Waals surface area contributed by atoms with E-state index in [4.69, 9.17) is 9.47 Å². The number of hydrogen-bond donors (Lipinski definition) is 0. The van der Waals surface area contributed by atoms with Gasteiger partial charge in [-0.15, -0.1) is 6.58 Å². The minimum atomic E-state index is 0.181. The van der Waals surface area contributed by atoms with Crippen LogP contribution < -0.4 is 0 Å². The largest absolute Gasteiger partial charge is 0.379 e. The lowest BCUT2D eigenvalue weighted by Gasteiger charge is -2.16. The third-order valence-electron chi connectivity index (χ3n) is 2.99. The van der Waals surface area contributed by atoms with Gasteiger partial charge in [0.05, 0.1) is 19.3 Å². The molecule has 2 nitrogen and oxygen atoms in total. The van der Waals surface area contributed by atoms with Crippen molar-refractivity contribution in [3.05, 3.63) is 36.5 Å². The summed E-state index contributed by atoms with van der Waals surface area (Å²) in [7, 11) is 1.73. The van der Waals surface area contributed by atoms with Crippen LogP contribution in [-0.4, -0.2) is 26.4 Å². The normalized spacial score (nSPS) is 21.1. The van der Waals surface area contributed by atoms with Gasteiger partial charge in [-0.25, -0.2) is 0 Å². The molecule has 2 unspecified atom stereocenters. The van der Waals surface area contributed by atoms with Gasteiger partial charge in [-0.05, 0) is 30.8 Å². The van der Waals surface area contributed by atoms with E-state index < -0.39 is 0 Å². The van der Waals surface area contributed by atoms with Crippen LogP contribution in [0.4, 0.5) is 0 Å². The van der Waals surface area contributed by atoms with Crippen molar-refractivity contribution >= 4 is 0 Å². The first-order valence-electron chi connectivity index (χ1n) is 6.35. The van der Waals surface area contributed by atoms with Gasteiger partial charge in [0.1, 0.15) is 0 Å². The van der Waals surface area contributed by atoms with Gasteiger partial charge >= 0.3 is 0 Å². The Balaban J connectivity index is 2.18. The maximum Gasteiger partial charge on any atom is 0.0807 e. The Labute approximate surface area is 105 Å². The fourth-order valence-corrected chi connectivity index (χ4v) is 1.76. The summed E-state index contributed by atoms with van der Waals surface area (Å²) in [6.07, 6.45) is 11.8. The van der Waals surface area contributed by atoms with Crippen molar-refractivity contribution in [3.63, 3.8) is 0 Å². The van der Waals surface area contributed by atoms with E-state index in [9.17, 15) is 0 Å². The van der Waals surface area contributed by atoms with Crippen molar-refractivity contribution in [3.8, 4) is 0 Å². The minimum absolute atomic E-state index is 0.181. The van der Waals surface area contributed by atoms with Gasteiger partial charge in [0, 0.05) is 7.11 Å². The number of allylic oxidation sites excluding steroid dienone is 3. The molecule has 0 aromatic rings. The van der Waals surface area contributed by atoms with Crippen LogP contribution in [-0.2, 0) is 9.47 Å². The first-order chi connectivity index (χ1) is 8.26. The summed E-state index contributed by atoms with van der Waals surface area (Å²) >= 11 is 0. The van der Waals surface area contributed by atoms with Crippen LogP contribution in [0.15, 0.2) is 36.5 Å². The van der Waals surface area contributed by atoms with E-state index in [-0.39, 0.29) is 6.10 Å². The molecule has 0 bridgehead atoms. The maximum absolute atomic E-state index is 5.68. The highest BCUT2D eigenvalue weighted by atomic mass is 16.5. The van der Waals surface area contributed by atoms with Crippen LogP contribution in [0, 0.1) is 5.92 Å². The molecule has 17 heavy (non-hydrogen) atoms. The molecule has 0 aromatic carbocycles. The van der Waals surface area contributed by atoms with Gasteiger partial charge in [0.15, 0.2) is 0 Å². The van der Waals surface area contributed by atoms with Crippen molar-refractivity contribution < 1.29 is 9.47 Å². The van der Waals surface area contributed by atoms with E-state index in [0.717, 1.165) is 19.3 Å². The number of ether oxygens (including phenoxy) is 2. The highest BCUT2D eigenvalue weighted by Gasteiger charge is 2.08. The predicted molar refractivity (Wildman–Crippen MR) is 72.1 cm³/mol. The van der Waals surface area contributed by atoms with E-state index in [1.807, 2.05) is 6.08 Å². The molecule has 0 saturated carbocycles. The molecule has 0 spiro atoms. The molecule has 96 valence electrons. The summed E-state index contributed by atoms with van der Waals surface area (Å²) in [4.78, 5) is 0. The first kappa shape index (κ1) is 14.2. The molecule has 0 amide bonds. The minimum Gasteiger partial charge on any atom is -0.379 e. The van der Waals surface area contributed by atoms with Crippen molar-refractivity contribution in [2.45, 2.75) is 32.3 Å². The predicted octanol–water partition coefficient (Wildman–Crippen LogP) is 3.51. The van der Waals surface area contributed by atoms with Gasteiger partial charge in [0.2, 0.25) is 0 Å². The second kappa shape index (κ2) is 8.26. The molecule has 0 N–H and O–H groups in total. The molecule has 1 rings (SSSR count). The molecule has 0 saturated heterocycles. The highest BCUT2D eigenvalue weighted by molar-refractivity contribution is 5.23. The van der Waals surface area contributed by atoms with Crippen molar-refractivity contribution in [1.29, 1.82) is 0 Å². The third-order valence-corrected chi connectivity index (χ3v) is 2.99. The molecular formula is C15H24O2. The van der Waals surface area contributed by atoms with E-state index in [0.29, 0.717) is 19.1 Å². The number of hydrogen-bond acceptors (Lipinski definition) is 2.